The molecule has 6 aliphatic heterocycles. The molecule has 0 aliphatic carbocycles. The Morgan fingerprint density at radius 1 is 0.350 bits per heavy atom. The van der Waals surface area contributed by atoms with Crippen LogP contribution in [0.5, 0.6) is 0 Å². The van der Waals surface area contributed by atoms with E-state index < -0.39 is 265 Å². The van der Waals surface area contributed by atoms with Crippen molar-refractivity contribution in [2.75, 3.05) is 33.5 Å². The number of hydrogen-bond donors (Lipinski definition) is 3. The monoisotopic (exact) mass is 1810 g/mol. The summed E-state index contributed by atoms with van der Waals surface area (Å²) in [7, 11) is 1.14. The van der Waals surface area contributed by atoms with Crippen molar-refractivity contribution < 1.29 is 134 Å². The van der Waals surface area contributed by atoms with Crippen LogP contribution in [-0.4, -0.2) is 235 Å². The average Bonchev–Trinajstić information content (AvgIpc) is 1.47. The van der Waals surface area contributed by atoms with Crippen LogP contribution in [0.25, 0.3) is 0 Å². The predicted molar refractivity (Wildman–Crippen MR) is 423 cm³/mol. The van der Waals surface area contributed by atoms with E-state index in [2.05, 4.69) is 0 Å². The molecular weight excluding hydrogens is 1740 g/mol. The molecule has 30 nitrogen and oxygen atoms in total. The fourth-order valence-electron chi connectivity index (χ4n) is 14.8. The van der Waals surface area contributed by atoms with Crippen molar-refractivity contribution in [3.05, 3.63) is 242 Å². The lowest BCUT2D eigenvalue weighted by Crippen LogP contribution is -2.71. The van der Waals surface area contributed by atoms with E-state index in [4.69, 9.17) is 169 Å². The Hall–Kier alpha value is -8.07. The molecule has 0 unspecified atom stereocenters. The number of ether oxygens (including phenoxy) is 16. The van der Waals surface area contributed by atoms with Crippen LogP contribution in [0.2, 0.25) is 40.2 Å². The van der Waals surface area contributed by atoms with Crippen molar-refractivity contribution >= 4 is 146 Å². The molecule has 0 radical (unpaired) electrons. The number of fused-ring (bicyclic) bond motifs is 2. The largest absolute Gasteiger partial charge is 0.456 e. The number of carbonyl (C=O) groups excluding carboxylic acids is 9. The van der Waals surface area contributed by atoms with E-state index in [1.54, 1.807) is 103 Å². The molecule has 4 saturated heterocycles. The minimum atomic E-state index is -2.50. The lowest BCUT2D eigenvalue weighted by Gasteiger charge is -2.52. The summed E-state index contributed by atoms with van der Waals surface area (Å²) >= 11 is 53.6. The number of methoxy groups -OCH3 is 1. The Bertz CT molecular complexity index is 4850. The molecule has 6 heterocycles. The molecule has 0 saturated carbocycles. The SMILES string of the molecule is CO[C@@H]1O[C@H](COCc2ccccc2)[C@@H](O[C@@H]2O[C@H](COCc3ccccc3)[C@H](O)[C@H](O[C@@H]3O[C@H](CO)[C@@H](O[C@@H]4O[C@H](COCc5ccccc5)[C@H](OC(C)=O)[C@H](OC(C)=O)[C@H]4OC(C)=O)[C@H](OC(=O)c4ccccc4)[C@H]3N3C(=O)c4c(Cl)c(Cl)c(Cl)c(Cl)c4C3=O)[C@H]2O)[C@H](OC(=O)c2ccccc2)[C@H]1N1C(=O)c2c(Cl)c(Cl)c(Cl)c(Cl)c2C1=O. The van der Waals surface area contributed by atoms with E-state index >= 15 is 24.0 Å². The molecule has 4 fully saturated rings. The fourth-order valence-corrected chi connectivity index (χ4v) is 16.8. The van der Waals surface area contributed by atoms with Gasteiger partial charge in [0.2, 0.25) is 0 Å². The maximum absolute atomic E-state index is 15.9. The number of hydrogen-bond acceptors (Lipinski definition) is 28. The van der Waals surface area contributed by atoms with Crippen LogP contribution in [-0.2, 0) is 110 Å². The second-order valence-corrected chi connectivity index (χ2v) is 31.0. The van der Waals surface area contributed by atoms with Crippen molar-refractivity contribution in [1.29, 1.82) is 0 Å². The number of carbonyl (C=O) groups is 9. The third-order valence-electron chi connectivity index (χ3n) is 20.2. The van der Waals surface area contributed by atoms with E-state index in [-0.39, 0.29) is 30.9 Å². The maximum atomic E-state index is 15.9. The number of aliphatic hydroxyl groups excluding tert-OH is 3. The Morgan fingerprint density at radius 3 is 1.06 bits per heavy atom. The molecule has 0 spiro atoms. The summed E-state index contributed by atoms with van der Waals surface area (Å²) < 4.78 is 103. The normalized spacial score (nSPS) is 27.8. The molecule has 636 valence electrons. The number of esters is 5. The van der Waals surface area contributed by atoms with Gasteiger partial charge in [-0.15, -0.1) is 0 Å². The Morgan fingerprint density at radius 2 is 0.667 bits per heavy atom. The van der Waals surface area contributed by atoms with Gasteiger partial charge in [-0.25, -0.2) is 9.59 Å². The Kier molecular flexibility index (Phi) is 29.6. The van der Waals surface area contributed by atoms with Crippen molar-refractivity contribution in [2.24, 2.45) is 0 Å². The van der Waals surface area contributed by atoms with Gasteiger partial charge in [-0.2, -0.15) is 0 Å². The van der Waals surface area contributed by atoms with Crippen LogP contribution < -0.4 is 0 Å². The highest BCUT2D eigenvalue weighted by atomic mass is 35.5. The first-order chi connectivity index (χ1) is 57.6. The smallest absolute Gasteiger partial charge is 0.338 e. The van der Waals surface area contributed by atoms with Crippen LogP contribution in [0.1, 0.15) is 99.6 Å². The molecule has 7 aromatic rings. The van der Waals surface area contributed by atoms with Gasteiger partial charge >= 0.3 is 29.8 Å². The van der Waals surface area contributed by atoms with Gasteiger partial charge in [0.1, 0.15) is 67.0 Å². The van der Waals surface area contributed by atoms with Crippen molar-refractivity contribution in [1.82, 2.24) is 9.80 Å². The quantitative estimate of drug-likeness (QED) is 0.0129. The van der Waals surface area contributed by atoms with Crippen LogP contribution in [0.15, 0.2) is 152 Å². The minimum Gasteiger partial charge on any atom is -0.456 e. The molecular formula is C82H74Cl8N2O28. The number of aliphatic hydroxyl groups is 3. The van der Waals surface area contributed by atoms with Crippen LogP contribution in [0.3, 0.4) is 0 Å². The van der Waals surface area contributed by atoms with Gasteiger partial charge in [-0.05, 0) is 41.0 Å². The van der Waals surface area contributed by atoms with Gasteiger partial charge in [0.25, 0.3) is 23.6 Å². The highest BCUT2D eigenvalue weighted by molar-refractivity contribution is 6.56. The maximum Gasteiger partial charge on any atom is 0.338 e. The number of amides is 4. The number of halogens is 8. The second kappa shape index (κ2) is 39.6. The first-order valence-corrected chi connectivity index (χ1v) is 40.1. The number of benzene rings is 7. The minimum absolute atomic E-state index is 0.0962. The van der Waals surface area contributed by atoms with E-state index in [1.165, 1.54) is 48.5 Å². The van der Waals surface area contributed by atoms with Crippen LogP contribution >= 0.6 is 92.8 Å². The molecule has 3 N–H and O–H groups in total. The van der Waals surface area contributed by atoms with Crippen molar-refractivity contribution in [2.45, 2.75) is 163 Å². The molecule has 6 aliphatic rings. The highest BCUT2D eigenvalue weighted by Gasteiger charge is 2.64. The lowest BCUT2D eigenvalue weighted by molar-refractivity contribution is -0.381. The molecule has 13 rings (SSSR count). The summed E-state index contributed by atoms with van der Waals surface area (Å²) in [5.41, 5.74) is -0.855. The fraction of sp³-hybridized carbons (Fsp3) is 0.378. The molecule has 20 atom stereocenters. The van der Waals surface area contributed by atoms with E-state index in [9.17, 15) is 34.5 Å². The standard InChI is InChI=1S/C82H74Cl8N2O28/c1-37(94)109-67-48(36-108-33-42-24-14-7-15-25-42)115-82(72(111-39(3)96)71(67)110-38(2)95)119-65-45(30-93)112-80(62(69(65)117-78(104)44-28-18-9-19-29-44)92-75(101)51-52(76(92)102)56(86)60(90)59(89)55(51)85)120-70-63(97)46(34-106-31-40-20-10-5-11-21-40)113-81(64(70)98)118-66-47(35-107-32-41-22-12-6-13-23-41)114-79(105-4)61(68(66)116-77(103)43-26-16-8-17-27-43)91-73(99)49-50(74(91)100)54(84)58(88)57(87)53(49)83/h5-29,45-48,61-72,79-82,93,97-98H,30-36H2,1-4H3/t45-,46-,47-,48-,61-,62-,63+,64-,65-,66-,67+,68-,69-,70+,71+,72-,79-,80+,81+,82+/m1/s1. The van der Waals surface area contributed by atoms with E-state index in [0.29, 0.717) is 26.5 Å². The topological polar surface area (TPSA) is 368 Å². The summed E-state index contributed by atoms with van der Waals surface area (Å²) in [6.07, 6.45) is -37.1. The summed E-state index contributed by atoms with van der Waals surface area (Å²) in [6, 6.07) is 36.1. The summed E-state index contributed by atoms with van der Waals surface area (Å²) in [5.74, 6) is -10.6. The van der Waals surface area contributed by atoms with Crippen LogP contribution in [0, 0.1) is 0 Å². The zero-order valence-corrected chi connectivity index (χ0v) is 69.4. The molecule has 0 aromatic heterocycles. The van der Waals surface area contributed by atoms with Crippen molar-refractivity contribution in [3.63, 3.8) is 0 Å². The van der Waals surface area contributed by atoms with Crippen LogP contribution in [0.4, 0.5) is 0 Å². The van der Waals surface area contributed by atoms with Gasteiger partial charge < -0.3 is 91.1 Å². The first kappa shape index (κ1) is 89.7. The molecule has 120 heavy (non-hydrogen) atoms. The molecule has 4 amide bonds. The summed E-state index contributed by atoms with van der Waals surface area (Å²) in [6.45, 7) is -0.381. The van der Waals surface area contributed by atoms with E-state index in [1.807, 2.05) is 0 Å². The number of imide groups is 2. The van der Waals surface area contributed by atoms with Gasteiger partial charge in [-0.1, -0.05) is 220 Å². The number of nitrogens with zero attached hydrogens (tertiary/aromatic N) is 2. The van der Waals surface area contributed by atoms with Gasteiger partial charge in [0, 0.05) is 27.9 Å². The van der Waals surface area contributed by atoms with Gasteiger partial charge in [0.15, 0.2) is 55.7 Å². The third-order valence-corrected chi connectivity index (χ3v) is 23.8. The summed E-state index contributed by atoms with van der Waals surface area (Å²) in [5, 5.41) is 34.5. The average molecular weight is 1820 g/mol. The second-order valence-electron chi connectivity index (χ2n) is 28.0. The van der Waals surface area contributed by atoms with Crippen molar-refractivity contribution in [3.8, 4) is 0 Å². The van der Waals surface area contributed by atoms with Gasteiger partial charge in [-0.3, -0.25) is 43.4 Å². The highest BCUT2D eigenvalue weighted by Crippen LogP contribution is 2.50. The summed E-state index contributed by atoms with van der Waals surface area (Å²) in [4.78, 5) is 133. The van der Waals surface area contributed by atoms with Gasteiger partial charge in [0.05, 0.1) is 120 Å². The first-order valence-electron chi connectivity index (χ1n) is 37.0. The predicted octanol–water partition coefficient (Wildman–Crippen LogP) is 10.9. The third kappa shape index (κ3) is 19.0. The Balaban J connectivity index is 0.957. The Labute approximate surface area is 724 Å². The zero-order chi connectivity index (χ0) is 85.7. The lowest BCUT2D eigenvalue weighted by atomic mass is 9.92. The molecule has 38 heteroatoms. The number of rotatable bonds is 29. The zero-order valence-electron chi connectivity index (χ0n) is 63.4. The molecule has 7 aromatic carbocycles. The molecule has 0 bridgehead atoms. The van der Waals surface area contributed by atoms with E-state index in [0.717, 1.165) is 27.9 Å².